The topological polar surface area (TPSA) is 88.8 Å². The molecule has 0 bridgehead atoms. The maximum Gasteiger partial charge on any atom is 0.254 e. The van der Waals surface area contributed by atoms with E-state index in [0.717, 1.165) is 18.4 Å². The summed E-state index contributed by atoms with van der Waals surface area (Å²) in [6.07, 6.45) is 3.22. The Morgan fingerprint density at radius 3 is 2.67 bits per heavy atom. The molecule has 2 heterocycles. The Morgan fingerprint density at radius 1 is 1.30 bits per heavy atom. The van der Waals surface area contributed by atoms with E-state index in [1.165, 1.54) is 18.4 Å². The number of benzene rings is 1. The summed E-state index contributed by atoms with van der Waals surface area (Å²) in [5.74, 6) is 0.369. The van der Waals surface area contributed by atoms with Crippen molar-refractivity contribution in [3.63, 3.8) is 0 Å². The molecule has 1 saturated heterocycles. The van der Waals surface area contributed by atoms with Gasteiger partial charge in [-0.1, -0.05) is 6.07 Å². The van der Waals surface area contributed by atoms with Gasteiger partial charge in [0, 0.05) is 25.8 Å². The Morgan fingerprint density at radius 2 is 2.04 bits per heavy atom. The average Bonchev–Trinajstić information content (AvgIpc) is 3.20. The van der Waals surface area contributed by atoms with Gasteiger partial charge < -0.3 is 14.1 Å². The van der Waals surface area contributed by atoms with E-state index in [0.29, 0.717) is 24.4 Å². The number of nitrogens with zero attached hydrogens (tertiary/aromatic N) is 1. The van der Waals surface area contributed by atoms with E-state index < -0.39 is 10.0 Å². The minimum absolute atomic E-state index is 0.0526. The molecular formula is C19H24N2O5S. The molecule has 7 nitrogen and oxygen atoms in total. The van der Waals surface area contributed by atoms with Gasteiger partial charge in [0.05, 0.1) is 23.8 Å². The van der Waals surface area contributed by atoms with Gasteiger partial charge in [0.2, 0.25) is 10.0 Å². The van der Waals surface area contributed by atoms with E-state index in [1.807, 2.05) is 6.92 Å². The first-order chi connectivity index (χ1) is 12.9. The molecule has 1 amide bonds. The lowest BCUT2D eigenvalue weighted by atomic mass is 10.0. The van der Waals surface area contributed by atoms with Crippen molar-refractivity contribution < 1.29 is 22.4 Å². The number of rotatable bonds is 6. The molecule has 8 heteroatoms. The summed E-state index contributed by atoms with van der Waals surface area (Å²) in [6.45, 7) is 3.06. The SMILES string of the molecule is COC1CCN(C(=O)c2cc(S(=O)(=O)NCc3ccco3)ccc2C)CC1. The van der Waals surface area contributed by atoms with Crippen molar-refractivity contribution in [2.24, 2.45) is 0 Å². The van der Waals surface area contributed by atoms with E-state index in [9.17, 15) is 13.2 Å². The van der Waals surface area contributed by atoms with Gasteiger partial charge in [-0.25, -0.2) is 13.1 Å². The molecule has 1 aliphatic heterocycles. The van der Waals surface area contributed by atoms with Gasteiger partial charge >= 0.3 is 0 Å². The van der Waals surface area contributed by atoms with Crippen LogP contribution in [-0.2, 0) is 21.3 Å². The van der Waals surface area contributed by atoms with Crippen molar-refractivity contribution >= 4 is 15.9 Å². The Balaban J connectivity index is 1.76. The Hall–Kier alpha value is -2.16. The number of carbonyl (C=O) groups is 1. The highest BCUT2D eigenvalue weighted by Gasteiger charge is 2.25. The van der Waals surface area contributed by atoms with Crippen molar-refractivity contribution in [1.82, 2.24) is 9.62 Å². The minimum atomic E-state index is -3.75. The summed E-state index contributed by atoms with van der Waals surface area (Å²) < 4.78 is 38.1. The molecule has 0 unspecified atom stereocenters. The van der Waals surface area contributed by atoms with Crippen LogP contribution in [0.15, 0.2) is 45.9 Å². The summed E-state index contributed by atoms with van der Waals surface area (Å²) in [5, 5.41) is 0. The van der Waals surface area contributed by atoms with Crippen molar-refractivity contribution in [2.45, 2.75) is 37.3 Å². The van der Waals surface area contributed by atoms with E-state index in [1.54, 1.807) is 30.2 Å². The van der Waals surface area contributed by atoms with E-state index in [4.69, 9.17) is 9.15 Å². The molecule has 1 fully saturated rings. The number of likely N-dealkylation sites (tertiary alicyclic amines) is 1. The lowest BCUT2D eigenvalue weighted by Crippen LogP contribution is -2.41. The highest BCUT2D eigenvalue weighted by atomic mass is 32.2. The largest absolute Gasteiger partial charge is 0.468 e. The van der Waals surface area contributed by atoms with Crippen LogP contribution >= 0.6 is 0 Å². The summed E-state index contributed by atoms with van der Waals surface area (Å²) >= 11 is 0. The van der Waals surface area contributed by atoms with Crippen molar-refractivity contribution in [3.05, 3.63) is 53.5 Å². The monoisotopic (exact) mass is 392 g/mol. The highest BCUT2D eigenvalue weighted by molar-refractivity contribution is 7.89. The molecular weight excluding hydrogens is 368 g/mol. The van der Waals surface area contributed by atoms with Gasteiger partial charge in [-0.15, -0.1) is 0 Å². The number of sulfonamides is 1. The lowest BCUT2D eigenvalue weighted by Gasteiger charge is -2.31. The molecule has 0 atom stereocenters. The van der Waals surface area contributed by atoms with Crippen LogP contribution < -0.4 is 4.72 Å². The van der Waals surface area contributed by atoms with E-state index in [2.05, 4.69) is 4.72 Å². The first-order valence-corrected chi connectivity index (χ1v) is 10.3. The third-order valence-electron chi connectivity index (χ3n) is 4.83. The smallest absolute Gasteiger partial charge is 0.254 e. The van der Waals surface area contributed by atoms with Crippen molar-refractivity contribution in [3.8, 4) is 0 Å². The van der Waals surface area contributed by atoms with Crippen LogP contribution in [0, 0.1) is 6.92 Å². The number of furan rings is 1. The highest BCUT2D eigenvalue weighted by Crippen LogP contribution is 2.21. The van der Waals surface area contributed by atoms with Crippen LogP contribution in [0.4, 0.5) is 0 Å². The van der Waals surface area contributed by atoms with Gasteiger partial charge in [0.25, 0.3) is 5.91 Å². The van der Waals surface area contributed by atoms with Gasteiger partial charge in [0.1, 0.15) is 5.76 Å². The van der Waals surface area contributed by atoms with E-state index in [-0.39, 0.29) is 23.5 Å². The summed E-state index contributed by atoms with van der Waals surface area (Å²) in [7, 11) is -2.08. The molecule has 1 N–H and O–H groups in total. The van der Waals surface area contributed by atoms with Gasteiger partial charge in [-0.3, -0.25) is 4.79 Å². The fourth-order valence-electron chi connectivity index (χ4n) is 3.13. The van der Waals surface area contributed by atoms with Gasteiger partial charge in [-0.2, -0.15) is 0 Å². The zero-order valence-electron chi connectivity index (χ0n) is 15.5. The molecule has 1 aliphatic rings. The molecule has 2 aromatic rings. The number of methoxy groups -OCH3 is 1. The molecule has 1 aromatic heterocycles. The zero-order valence-corrected chi connectivity index (χ0v) is 16.3. The standard InChI is InChI=1S/C19H24N2O5S/c1-14-5-6-17(27(23,24)20-13-16-4-3-11-26-16)12-18(14)19(22)21-9-7-15(25-2)8-10-21/h3-6,11-12,15,20H,7-10,13H2,1-2H3. The van der Waals surface area contributed by atoms with Crippen LogP contribution in [-0.4, -0.2) is 45.5 Å². The number of aryl methyl sites for hydroxylation is 1. The lowest BCUT2D eigenvalue weighted by molar-refractivity contribution is 0.0350. The van der Waals surface area contributed by atoms with Gasteiger partial charge in [-0.05, 0) is 49.6 Å². The fourth-order valence-corrected chi connectivity index (χ4v) is 4.15. The summed E-state index contributed by atoms with van der Waals surface area (Å²) in [5.41, 5.74) is 1.16. The maximum absolute atomic E-state index is 12.9. The van der Waals surface area contributed by atoms with Crippen LogP contribution in [0.2, 0.25) is 0 Å². The van der Waals surface area contributed by atoms with Gasteiger partial charge in [0.15, 0.2) is 0 Å². The molecule has 1 aromatic carbocycles. The molecule has 0 saturated carbocycles. The van der Waals surface area contributed by atoms with Crippen LogP contribution in [0.25, 0.3) is 0 Å². The average molecular weight is 392 g/mol. The normalized spacial score (nSPS) is 15.9. The maximum atomic E-state index is 12.9. The molecule has 0 aliphatic carbocycles. The van der Waals surface area contributed by atoms with E-state index >= 15 is 0 Å². The Kier molecular flexibility index (Phi) is 5.98. The van der Waals surface area contributed by atoms with Crippen LogP contribution in [0.3, 0.4) is 0 Å². The number of amides is 1. The molecule has 0 spiro atoms. The van der Waals surface area contributed by atoms with Crippen molar-refractivity contribution in [2.75, 3.05) is 20.2 Å². The van der Waals surface area contributed by atoms with Crippen molar-refractivity contribution in [1.29, 1.82) is 0 Å². The summed E-state index contributed by atoms with van der Waals surface area (Å²) in [4.78, 5) is 14.7. The minimum Gasteiger partial charge on any atom is -0.468 e. The first-order valence-electron chi connectivity index (χ1n) is 8.85. The number of hydrogen-bond donors (Lipinski definition) is 1. The van der Waals surface area contributed by atoms with Crippen LogP contribution in [0.5, 0.6) is 0 Å². The predicted molar refractivity (Wildman–Crippen MR) is 99.8 cm³/mol. The Bertz CT molecular complexity index is 885. The summed E-state index contributed by atoms with van der Waals surface area (Å²) in [6, 6.07) is 8.00. The third kappa shape index (κ3) is 4.58. The number of ether oxygens (including phenoxy) is 1. The second-order valence-electron chi connectivity index (χ2n) is 6.61. The molecule has 27 heavy (non-hydrogen) atoms. The fraction of sp³-hybridized carbons (Fsp3) is 0.421. The number of carbonyl (C=O) groups excluding carboxylic acids is 1. The zero-order chi connectivity index (χ0) is 19.4. The number of piperidine rings is 1. The second-order valence-corrected chi connectivity index (χ2v) is 8.37. The molecule has 3 rings (SSSR count). The quantitative estimate of drug-likeness (QED) is 0.815. The molecule has 0 radical (unpaired) electrons. The molecule has 146 valence electrons. The third-order valence-corrected chi connectivity index (χ3v) is 6.23. The predicted octanol–water partition coefficient (Wildman–Crippen LogP) is 2.32. The Labute approximate surface area is 159 Å². The second kappa shape index (κ2) is 8.24. The van der Waals surface area contributed by atoms with Crippen LogP contribution in [0.1, 0.15) is 34.5 Å². The number of nitrogens with one attached hydrogen (secondary N) is 1. The number of hydrogen-bond acceptors (Lipinski definition) is 5. The first kappa shape index (κ1) is 19.6.